The van der Waals surface area contributed by atoms with Gasteiger partial charge < -0.3 is 10.1 Å². The number of nitrogens with zero attached hydrogens (tertiary/aromatic N) is 1. The Hall–Kier alpha value is -2.58. The largest absolute Gasteiger partial charge is 0.493 e. The van der Waals surface area contributed by atoms with Crippen LogP contribution < -0.4 is 10.1 Å². The minimum Gasteiger partial charge on any atom is -0.493 e. The molecule has 0 unspecified atom stereocenters. The number of hydrogen-bond acceptors (Lipinski definition) is 3. The summed E-state index contributed by atoms with van der Waals surface area (Å²) in [5.41, 5.74) is 3.38. The average molecular weight is 413 g/mol. The number of benzene rings is 2. The first-order valence-corrected chi connectivity index (χ1v) is 9.16. The van der Waals surface area contributed by atoms with Gasteiger partial charge in [-0.2, -0.15) is 5.26 Å². The Morgan fingerprint density at radius 1 is 1.27 bits per heavy atom. The summed E-state index contributed by atoms with van der Waals surface area (Å²) < 4.78 is 6.56. The number of nitriles is 1. The van der Waals surface area contributed by atoms with E-state index in [1.807, 2.05) is 63.2 Å². The number of hydrogen-bond donors (Lipinski definition) is 1. The zero-order valence-corrected chi connectivity index (χ0v) is 16.7. The molecule has 0 saturated heterocycles. The second-order valence-electron chi connectivity index (χ2n) is 5.97. The number of anilines is 1. The van der Waals surface area contributed by atoms with E-state index in [0.29, 0.717) is 23.6 Å². The normalized spacial score (nSPS) is 11.0. The van der Waals surface area contributed by atoms with Gasteiger partial charge in [0.1, 0.15) is 17.4 Å². The summed E-state index contributed by atoms with van der Waals surface area (Å²) >= 11 is 3.42. The van der Waals surface area contributed by atoms with Crippen LogP contribution in [0.4, 0.5) is 5.69 Å². The van der Waals surface area contributed by atoms with Crippen molar-refractivity contribution in [2.75, 3.05) is 11.9 Å². The molecule has 0 radical (unpaired) electrons. The summed E-state index contributed by atoms with van der Waals surface area (Å²) in [4.78, 5) is 12.6. The monoisotopic (exact) mass is 412 g/mol. The molecule has 134 valence electrons. The summed E-state index contributed by atoms with van der Waals surface area (Å²) in [5.74, 6) is 0.199. The van der Waals surface area contributed by atoms with E-state index in [1.54, 1.807) is 6.08 Å². The molecule has 0 aromatic heterocycles. The molecule has 0 atom stereocenters. The lowest BCUT2D eigenvalue weighted by Crippen LogP contribution is -2.14. The summed E-state index contributed by atoms with van der Waals surface area (Å²) in [6.45, 7) is 6.45. The third kappa shape index (κ3) is 5.21. The Morgan fingerprint density at radius 3 is 2.73 bits per heavy atom. The van der Waals surface area contributed by atoms with E-state index in [0.717, 1.165) is 22.0 Å². The van der Waals surface area contributed by atoms with Crippen LogP contribution in [0.3, 0.4) is 0 Å². The fourth-order valence-electron chi connectivity index (χ4n) is 2.34. The van der Waals surface area contributed by atoms with Crippen LogP contribution in [0.5, 0.6) is 5.75 Å². The van der Waals surface area contributed by atoms with Crippen LogP contribution >= 0.6 is 15.9 Å². The van der Waals surface area contributed by atoms with Gasteiger partial charge in [0.2, 0.25) is 0 Å². The lowest BCUT2D eigenvalue weighted by molar-refractivity contribution is -0.112. The Labute approximate surface area is 162 Å². The van der Waals surface area contributed by atoms with Gasteiger partial charge in [-0.1, -0.05) is 35.0 Å². The predicted molar refractivity (Wildman–Crippen MR) is 108 cm³/mol. The van der Waals surface area contributed by atoms with Crippen LogP contribution in [0.2, 0.25) is 0 Å². The first-order chi connectivity index (χ1) is 12.4. The molecule has 0 spiro atoms. The number of nitrogens with one attached hydrogen (secondary N) is 1. The SMILES string of the molecule is CCCOc1ccc(Br)cc1/C=C(\C#N)C(=O)Nc1cc(C)ccc1C. The molecule has 0 saturated carbocycles. The molecule has 0 fully saturated rings. The highest BCUT2D eigenvalue weighted by Crippen LogP contribution is 2.26. The van der Waals surface area contributed by atoms with E-state index in [1.165, 1.54) is 0 Å². The Balaban J connectivity index is 2.32. The number of aryl methyl sites for hydroxylation is 2. The average Bonchev–Trinajstić information content (AvgIpc) is 2.61. The number of amides is 1. The minimum absolute atomic E-state index is 0.0188. The van der Waals surface area contributed by atoms with Crippen LogP contribution in [-0.4, -0.2) is 12.5 Å². The lowest BCUT2D eigenvalue weighted by Gasteiger charge is -2.11. The summed E-state index contributed by atoms with van der Waals surface area (Å²) in [5, 5.41) is 12.3. The van der Waals surface area contributed by atoms with Crippen LogP contribution in [0.25, 0.3) is 6.08 Å². The van der Waals surface area contributed by atoms with E-state index in [-0.39, 0.29) is 5.57 Å². The minimum atomic E-state index is -0.442. The van der Waals surface area contributed by atoms with Gasteiger partial charge in [0.05, 0.1) is 6.61 Å². The maximum absolute atomic E-state index is 12.6. The lowest BCUT2D eigenvalue weighted by atomic mass is 10.1. The Bertz CT molecular complexity index is 882. The van der Waals surface area contributed by atoms with E-state index in [2.05, 4.69) is 21.2 Å². The zero-order valence-electron chi connectivity index (χ0n) is 15.1. The second-order valence-corrected chi connectivity index (χ2v) is 6.89. The zero-order chi connectivity index (χ0) is 19.1. The first kappa shape index (κ1) is 19.7. The van der Waals surface area contributed by atoms with Crippen molar-refractivity contribution in [2.45, 2.75) is 27.2 Å². The van der Waals surface area contributed by atoms with Crippen molar-refractivity contribution in [3.8, 4) is 11.8 Å². The number of halogens is 1. The highest BCUT2D eigenvalue weighted by molar-refractivity contribution is 9.10. The van der Waals surface area contributed by atoms with Crippen molar-refractivity contribution in [3.05, 3.63) is 63.1 Å². The van der Waals surface area contributed by atoms with Crippen molar-refractivity contribution < 1.29 is 9.53 Å². The topological polar surface area (TPSA) is 62.1 Å². The molecule has 0 heterocycles. The quantitative estimate of drug-likeness (QED) is 0.510. The van der Waals surface area contributed by atoms with Crippen molar-refractivity contribution in [3.63, 3.8) is 0 Å². The summed E-state index contributed by atoms with van der Waals surface area (Å²) in [6.07, 6.45) is 2.42. The molecule has 4 nitrogen and oxygen atoms in total. The number of carbonyl (C=O) groups is 1. The van der Waals surface area contributed by atoms with Crippen molar-refractivity contribution in [1.82, 2.24) is 0 Å². The van der Waals surface area contributed by atoms with Gasteiger partial charge in [0.15, 0.2) is 0 Å². The molecule has 2 aromatic rings. The van der Waals surface area contributed by atoms with Gasteiger partial charge in [-0.05, 0) is 61.7 Å². The molecular weight excluding hydrogens is 392 g/mol. The summed E-state index contributed by atoms with van der Waals surface area (Å²) in [7, 11) is 0. The smallest absolute Gasteiger partial charge is 0.266 e. The van der Waals surface area contributed by atoms with Crippen molar-refractivity contribution in [1.29, 1.82) is 5.26 Å². The second kappa shape index (κ2) is 9.21. The van der Waals surface area contributed by atoms with Crippen molar-refractivity contribution >= 4 is 33.6 Å². The highest BCUT2D eigenvalue weighted by Gasteiger charge is 2.13. The van der Waals surface area contributed by atoms with E-state index in [9.17, 15) is 10.1 Å². The first-order valence-electron chi connectivity index (χ1n) is 8.37. The van der Waals surface area contributed by atoms with Gasteiger partial charge in [-0.15, -0.1) is 0 Å². The molecule has 0 aliphatic heterocycles. The molecule has 5 heteroatoms. The molecule has 2 rings (SSSR count). The fraction of sp³-hybridized carbons (Fsp3) is 0.238. The van der Waals surface area contributed by atoms with Gasteiger partial charge in [-0.3, -0.25) is 4.79 Å². The van der Waals surface area contributed by atoms with Gasteiger partial charge >= 0.3 is 0 Å². The van der Waals surface area contributed by atoms with Crippen molar-refractivity contribution in [2.24, 2.45) is 0 Å². The maximum atomic E-state index is 12.6. The van der Waals surface area contributed by atoms with E-state index >= 15 is 0 Å². The Morgan fingerprint density at radius 2 is 2.04 bits per heavy atom. The highest BCUT2D eigenvalue weighted by atomic mass is 79.9. The van der Waals surface area contributed by atoms with Crippen LogP contribution in [-0.2, 0) is 4.79 Å². The number of ether oxygens (including phenoxy) is 1. The van der Waals surface area contributed by atoms with Crippen LogP contribution in [0.15, 0.2) is 46.4 Å². The maximum Gasteiger partial charge on any atom is 0.266 e. The molecule has 0 aliphatic carbocycles. The molecule has 26 heavy (non-hydrogen) atoms. The van der Waals surface area contributed by atoms with Gasteiger partial charge in [-0.25, -0.2) is 0 Å². The molecule has 0 aliphatic rings. The third-order valence-corrected chi connectivity index (χ3v) is 4.23. The van der Waals surface area contributed by atoms with Crippen LogP contribution in [0.1, 0.15) is 30.0 Å². The number of carbonyl (C=O) groups excluding carboxylic acids is 1. The summed E-state index contributed by atoms with van der Waals surface area (Å²) in [6, 6.07) is 13.3. The number of rotatable bonds is 6. The molecule has 0 bridgehead atoms. The molecule has 1 amide bonds. The fourth-order valence-corrected chi connectivity index (χ4v) is 2.72. The van der Waals surface area contributed by atoms with Gasteiger partial charge in [0.25, 0.3) is 5.91 Å². The van der Waals surface area contributed by atoms with Crippen LogP contribution in [0, 0.1) is 25.2 Å². The predicted octanol–water partition coefficient (Wildman–Crippen LogP) is 5.40. The molecule has 2 aromatic carbocycles. The molecule has 1 N–H and O–H groups in total. The Kier molecular flexibility index (Phi) is 6.99. The third-order valence-electron chi connectivity index (χ3n) is 3.74. The van der Waals surface area contributed by atoms with E-state index < -0.39 is 5.91 Å². The van der Waals surface area contributed by atoms with E-state index in [4.69, 9.17) is 4.74 Å². The standard InChI is InChI=1S/C21H21BrN2O2/c1-4-9-26-20-8-7-18(22)12-16(20)11-17(13-23)21(25)24-19-10-14(2)5-6-15(19)3/h5-8,10-12H,4,9H2,1-3H3,(H,24,25)/b17-11+. The van der Waals surface area contributed by atoms with Gasteiger partial charge in [0, 0.05) is 15.7 Å². The molecular formula is C21H21BrN2O2.